The molecule has 114 valence electrons. The van der Waals surface area contributed by atoms with Crippen molar-refractivity contribution in [1.82, 2.24) is 4.90 Å². The highest BCUT2D eigenvalue weighted by atomic mass is 16.5. The Kier molecular flexibility index (Phi) is 4.00. The molecule has 2 heterocycles. The monoisotopic (exact) mass is 289 g/mol. The summed E-state index contributed by atoms with van der Waals surface area (Å²) < 4.78 is 5.73. The van der Waals surface area contributed by atoms with Crippen LogP contribution in [0.2, 0.25) is 0 Å². The summed E-state index contributed by atoms with van der Waals surface area (Å²) in [6.07, 6.45) is 2.41. The first kappa shape index (κ1) is 14.5. The number of hydrogen-bond donors (Lipinski definition) is 1. The van der Waals surface area contributed by atoms with E-state index in [1.165, 1.54) is 11.1 Å². The van der Waals surface area contributed by atoms with E-state index in [9.17, 15) is 9.90 Å². The average Bonchev–Trinajstić information content (AvgIpc) is 2.54. The predicted molar refractivity (Wildman–Crippen MR) is 80.0 cm³/mol. The minimum absolute atomic E-state index is 0.195. The number of carboxylic acid groups (broad SMARTS) is 1. The summed E-state index contributed by atoms with van der Waals surface area (Å²) in [5, 5.41) is 9.64. The third kappa shape index (κ3) is 2.58. The Labute approximate surface area is 125 Å². The summed E-state index contributed by atoms with van der Waals surface area (Å²) in [6, 6.07) is 8.56. The van der Waals surface area contributed by atoms with Gasteiger partial charge in [-0.15, -0.1) is 0 Å². The Morgan fingerprint density at radius 3 is 3.05 bits per heavy atom. The molecule has 1 aromatic carbocycles. The molecule has 0 bridgehead atoms. The number of carbonyl (C=O) groups is 1. The SMILES string of the molecule is CCC1(C(=O)O)CCCN(C2COCc3ccccc32)C1. The molecule has 1 saturated heterocycles. The molecule has 2 aliphatic heterocycles. The third-order valence-corrected chi connectivity index (χ3v) is 5.13. The molecule has 0 spiro atoms. The summed E-state index contributed by atoms with van der Waals surface area (Å²) >= 11 is 0. The molecule has 1 aromatic rings. The van der Waals surface area contributed by atoms with Crippen LogP contribution in [0.3, 0.4) is 0 Å². The Morgan fingerprint density at radius 1 is 1.48 bits per heavy atom. The van der Waals surface area contributed by atoms with Crippen LogP contribution in [-0.2, 0) is 16.1 Å². The maximum Gasteiger partial charge on any atom is 0.310 e. The summed E-state index contributed by atoms with van der Waals surface area (Å²) in [5.74, 6) is -0.653. The van der Waals surface area contributed by atoms with Gasteiger partial charge >= 0.3 is 5.97 Å². The molecule has 4 nitrogen and oxygen atoms in total. The summed E-state index contributed by atoms with van der Waals surface area (Å²) in [5.41, 5.74) is 1.95. The second-order valence-corrected chi connectivity index (χ2v) is 6.24. The highest BCUT2D eigenvalue weighted by Gasteiger charge is 2.43. The van der Waals surface area contributed by atoms with Gasteiger partial charge in [-0.1, -0.05) is 31.2 Å². The van der Waals surface area contributed by atoms with Gasteiger partial charge in [-0.25, -0.2) is 0 Å². The van der Waals surface area contributed by atoms with E-state index in [4.69, 9.17) is 4.74 Å². The zero-order chi connectivity index (χ0) is 14.9. The van der Waals surface area contributed by atoms with Crippen molar-refractivity contribution < 1.29 is 14.6 Å². The molecule has 1 fully saturated rings. The van der Waals surface area contributed by atoms with Crippen LogP contribution >= 0.6 is 0 Å². The van der Waals surface area contributed by atoms with Crippen LogP contribution in [0.25, 0.3) is 0 Å². The smallest absolute Gasteiger partial charge is 0.310 e. The van der Waals surface area contributed by atoms with Gasteiger partial charge in [0.1, 0.15) is 0 Å². The predicted octanol–water partition coefficient (Wildman–Crippen LogP) is 2.83. The highest BCUT2D eigenvalue weighted by Crippen LogP contribution is 2.39. The van der Waals surface area contributed by atoms with E-state index in [-0.39, 0.29) is 6.04 Å². The fourth-order valence-corrected chi connectivity index (χ4v) is 3.71. The lowest BCUT2D eigenvalue weighted by Crippen LogP contribution is -2.50. The molecular formula is C17H23NO3. The number of carboxylic acids is 1. The summed E-state index contributed by atoms with van der Waals surface area (Å²) in [4.78, 5) is 14.0. The molecule has 0 saturated carbocycles. The van der Waals surface area contributed by atoms with E-state index in [2.05, 4.69) is 23.1 Å². The van der Waals surface area contributed by atoms with Gasteiger partial charge in [0.2, 0.25) is 0 Å². The zero-order valence-electron chi connectivity index (χ0n) is 12.5. The second kappa shape index (κ2) is 5.78. The van der Waals surface area contributed by atoms with Crippen molar-refractivity contribution in [2.45, 2.75) is 38.8 Å². The Balaban J connectivity index is 1.86. The van der Waals surface area contributed by atoms with Crippen molar-refractivity contribution in [1.29, 1.82) is 0 Å². The van der Waals surface area contributed by atoms with E-state index in [1.807, 2.05) is 13.0 Å². The second-order valence-electron chi connectivity index (χ2n) is 6.24. The Hall–Kier alpha value is -1.39. The van der Waals surface area contributed by atoms with Crippen molar-refractivity contribution in [3.05, 3.63) is 35.4 Å². The van der Waals surface area contributed by atoms with Crippen LogP contribution in [0.5, 0.6) is 0 Å². The first-order valence-electron chi connectivity index (χ1n) is 7.79. The average molecular weight is 289 g/mol. The van der Waals surface area contributed by atoms with E-state index in [1.54, 1.807) is 0 Å². The lowest BCUT2D eigenvalue weighted by Gasteiger charge is -2.44. The van der Waals surface area contributed by atoms with Gasteiger partial charge in [-0.2, -0.15) is 0 Å². The van der Waals surface area contributed by atoms with Crippen molar-refractivity contribution in [3.8, 4) is 0 Å². The number of ether oxygens (including phenoxy) is 1. The number of rotatable bonds is 3. The van der Waals surface area contributed by atoms with E-state index < -0.39 is 11.4 Å². The van der Waals surface area contributed by atoms with Crippen molar-refractivity contribution in [2.75, 3.05) is 19.7 Å². The van der Waals surface area contributed by atoms with Crippen LogP contribution in [0.4, 0.5) is 0 Å². The number of benzene rings is 1. The summed E-state index contributed by atoms with van der Waals surface area (Å²) in [6.45, 7) is 4.90. The topological polar surface area (TPSA) is 49.8 Å². The van der Waals surface area contributed by atoms with Gasteiger partial charge in [0, 0.05) is 6.54 Å². The van der Waals surface area contributed by atoms with Crippen molar-refractivity contribution >= 4 is 5.97 Å². The van der Waals surface area contributed by atoms with Crippen LogP contribution in [0, 0.1) is 5.41 Å². The molecule has 1 N–H and O–H groups in total. The van der Waals surface area contributed by atoms with Gasteiger partial charge in [-0.3, -0.25) is 9.69 Å². The van der Waals surface area contributed by atoms with Gasteiger partial charge < -0.3 is 9.84 Å². The fourth-order valence-electron chi connectivity index (χ4n) is 3.71. The van der Waals surface area contributed by atoms with E-state index >= 15 is 0 Å². The minimum atomic E-state index is -0.653. The number of aliphatic carboxylic acids is 1. The standard InChI is InChI=1S/C17H23NO3/c1-2-17(16(19)20)8-5-9-18(12-17)15-11-21-10-13-6-3-4-7-14(13)15/h3-4,6-7,15H,2,5,8-12H2,1H3,(H,19,20). The largest absolute Gasteiger partial charge is 0.481 e. The number of likely N-dealkylation sites (tertiary alicyclic amines) is 1. The number of fused-ring (bicyclic) bond motifs is 1. The molecule has 0 amide bonds. The molecule has 21 heavy (non-hydrogen) atoms. The third-order valence-electron chi connectivity index (χ3n) is 5.13. The molecule has 4 heteroatoms. The van der Waals surface area contributed by atoms with Crippen molar-refractivity contribution in [2.24, 2.45) is 5.41 Å². The summed E-state index contributed by atoms with van der Waals surface area (Å²) in [7, 11) is 0. The molecular weight excluding hydrogens is 266 g/mol. The Morgan fingerprint density at radius 2 is 2.29 bits per heavy atom. The molecule has 2 unspecified atom stereocenters. The normalized spacial score (nSPS) is 29.9. The van der Waals surface area contributed by atoms with Gasteiger partial charge in [0.25, 0.3) is 0 Å². The van der Waals surface area contributed by atoms with Crippen LogP contribution in [0.1, 0.15) is 43.4 Å². The van der Waals surface area contributed by atoms with E-state index in [0.717, 1.165) is 19.4 Å². The lowest BCUT2D eigenvalue weighted by atomic mass is 9.77. The van der Waals surface area contributed by atoms with Gasteiger partial charge in [0.05, 0.1) is 24.7 Å². The molecule has 2 aliphatic rings. The Bertz CT molecular complexity index is 531. The van der Waals surface area contributed by atoms with Crippen LogP contribution < -0.4 is 0 Å². The minimum Gasteiger partial charge on any atom is -0.481 e. The van der Waals surface area contributed by atoms with Crippen molar-refractivity contribution in [3.63, 3.8) is 0 Å². The first-order chi connectivity index (χ1) is 10.2. The van der Waals surface area contributed by atoms with Crippen LogP contribution in [-0.4, -0.2) is 35.7 Å². The molecule has 0 radical (unpaired) electrons. The number of piperidine rings is 1. The molecule has 0 aromatic heterocycles. The van der Waals surface area contributed by atoms with Gasteiger partial charge in [0.15, 0.2) is 0 Å². The van der Waals surface area contributed by atoms with E-state index in [0.29, 0.717) is 26.2 Å². The van der Waals surface area contributed by atoms with Gasteiger partial charge in [-0.05, 0) is 36.9 Å². The fraction of sp³-hybridized carbons (Fsp3) is 0.588. The molecule has 2 atom stereocenters. The first-order valence-corrected chi connectivity index (χ1v) is 7.79. The van der Waals surface area contributed by atoms with Crippen LogP contribution in [0.15, 0.2) is 24.3 Å². The number of nitrogens with zero attached hydrogens (tertiary/aromatic N) is 1. The maximum atomic E-state index is 11.7. The number of hydrogen-bond acceptors (Lipinski definition) is 3. The molecule has 0 aliphatic carbocycles. The maximum absolute atomic E-state index is 11.7. The molecule has 3 rings (SSSR count). The lowest BCUT2D eigenvalue weighted by molar-refractivity contribution is -0.154. The highest BCUT2D eigenvalue weighted by molar-refractivity contribution is 5.75. The quantitative estimate of drug-likeness (QED) is 0.929. The zero-order valence-corrected chi connectivity index (χ0v) is 12.5.